The van der Waals surface area contributed by atoms with Crippen LogP contribution in [0.1, 0.15) is 18.2 Å². The molecule has 0 spiro atoms. The van der Waals surface area contributed by atoms with Gasteiger partial charge < -0.3 is 9.23 Å². The van der Waals surface area contributed by atoms with Gasteiger partial charge in [0, 0.05) is 22.7 Å². The van der Waals surface area contributed by atoms with Crippen molar-refractivity contribution in [3.8, 4) is 0 Å². The largest absolute Gasteiger partial charge is 0.423 e. The Hall–Kier alpha value is -2.56. The Morgan fingerprint density at radius 2 is 2.00 bits per heavy atom. The van der Waals surface area contributed by atoms with Gasteiger partial charge in [0.05, 0.1) is 0 Å². The predicted molar refractivity (Wildman–Crippen MR) is 93.8 cm³/mol. The second-order valence-corrected chi connectivity index (χ2v) is 6.26. The third-order valence-corrected chi connectivity index (χ3v) is 4.60. The lowest BCUT2D eigenvalue weighted by atomic mass is 9.49. The number of furan rings is 1. The van der Waals surface area contributed by atoms with Gasteiger partial charge in [-0.3, -0.25) is 0 Å². The molecule has 23 heavy (non-hydrogen) atoms. The fourth-order valence-corrected chi connectivity index (χ4v) is 3.46. The molecule has 0 saturated carbocycles. The van der Waals surface area contributed by atoms with Crippen LogP contribution in [0.4, 0.5) is 5.88 Å². The molecule has 4 nitrogen and oxygen atoms in total. The van der Waals surface area contributed by atoms with Crippen LogP contribution in [0.25, 0.3) is 17.2 Å². The molecule has 3 aromatic heterocycles. The van der Waals surface area contributed by atoms with E-state index in [0.29, 0.717) is 5.71 Å². The molecule has 0 saturated heterocycles. The first kappa shape index (κ1) is 14.1. The molecule has 4 rings (SSSR count). The molecule has 114 valence electrons. The molecular formula is C18H19BN3O+. The van der Waals surface area contributed by atoms with E-state index < -0.39 is 0 Å². The summed E-state index contributed by atoms with van der Waals surface area (Å²) >= 11 is 0. The third kappa shape index (κ3) is 2.07. The van der Waals surface area contributed by atoms with Gasteiger partial charge in [-0.2, -0.15) is 0 Å². The summed E-state index contributed by atoms with van der Waals surface area (Å²) in [5.74, 6) is 0.887. The second kappa shape index (κ2) is 4.98. The number of rotatable bonds is 1. The number of aromatic nitrogens is 2. The van der Waals surface area contributed by atoms with E-state index in [4.69, 9.17) is 4.42 Å². The molecule has 1 aliphatic heterocycles. The van der Waals surface area contributed by atoms with Crippen molar-refractivity contribution < 1.29 is 8.98 Å². The quantitative estimate of drug-likeness (QED) is 0.511. The van der Waals surface area contributed by atoms with E-state index in [0.717, 1.165) is 22.5 Å². The first-order valence-corrected chi connectivity index (χ1v) is 7.82. The van der Waals surface area contributed by atoms with Crippen molar-refractivity contribution in [1.82, 2.24) is 4.98 Å². The average molecular weight is 304 g/mol. The lowest BCUT2D eigenvalue weighted by molar-refractivity contribution is -0.654. The van der Waals surface area contributed by atoms with E-state index in [1.165, 1.54) is 11.1 Å². The molecule has 0 amide bonds. The molecule has 1 aliphatic rings. The summed E-state index contributed by atoms with van der Waals surface area (Å²) in [4.78, 5) is 6.73. The van der Waals surface area contributed by atoms with Gasteiger partial charge in [-0.1, -0.05) is 17.6 Å². The SMILES string of the molecule is CC1=Cc2c(oc3nc(C)ccc23)N(C)B1c1cccc[n+]1C. The van der Waals surface area contributed by atoms with Crippen LogP contribution in [-0.2, 0) is 7.05 Å². The fourth-order valence-electron chi connectivity index (χ4n) is 3.46. The summed E-state index contributed by atoms with van der Waals surface area (Å²) in [7, 11) is 4.16. The molecule has 0 atom stereocenters. The van der Waals surface area contributed by atoms with Crippen LogP contribution in [0.5, 0.6) is 0 Å². The molecular weight excluding hydrogens is 285 g/mol. The standard InChI is InChI=1S/C18H19BN3O/c1-12-11-15-14-9-8-13(2)20-17(14)23-18(15)22(4)19(12)16-7-5-6-10-21(16)3/h5-11H,1-4H3/q+1. The summed E-state index contributed by atoms with van der Waals surface area (Å²) in [6.07, 6.45) is 4.31. The van der Waals surface area contributed by atoms with Crippen molar-refractivity contribution in [2.24, 2.45) is 7.05 Å². The molecule has 0 unspecified atom stereocenters. The molecule has 0 aliphatic carbocycles. The van der Waals surface area contributed by atoms with Gasteiger partial charge in [-0.05, 0) is 39.1 Å². The molecule has 0 fully saturated rings. The molecule has 0 N–H and O–H groups in total. The molecule has 3 aromatic rings. The predicted octanol–water partition coefficient (Wildman–Crippen LogP) is 2.25. The number of hydrogen-bond donors (Lipinski definition) is 0. The van der Waals surface area contributed by atoms with Gasteiger partial charge in [0.2, 0.25) is 5.71 Å². The lowest BCUT2D eigenvalue weighted by Gasteiger charge is -2.27. The topological polar surface area (TPSA) is 33.2 Å². The number of fused-ring (bicyclic) bond motifs is 3. The van der Waals surface area contributed by atoms with Gasteiger partial charge in [-0.15, -0.1) is 0 Å². The number of allylic oxidation sites excluding steroid dienone is 1. The van der Waals surface area contributed by atoms with Crippen molar-refractivity contribution in [3.63, 3.8) is 0 Å². The highest BCUT2D eigenvalue weighted by Crippen LogP contribution is 2.37. The third-order valence-electron chi connectivity index (χ3n) is 4.60. The summed E-state index contributed by atoms with van der Waals surface area (Å²) in [5.41, 5.74) is 5.34. The molecule has 0 bridgehead atoms. The van der Waals surface area contributed by atoms with Crippen LogP contribution in [0.15, 0.2) is 46.4 Å². The Labute approximate surface area is 136 Å². The van der Waals surface area contributed by atoms with Crippen molar-refractivity contribution in [1.29, 1.82) is 0 Å². The van der Waals surface area contributed by atoms with Crippen molar-refractivity contribution in [3.05, 3.63) is 53.3 Å². The van der Waals surface area contributed by atoms with E-state index in [2.05, 4.69) is 65.9 Å². The molecule has 4 heterocycles. The highest BCUT2D eigenvalue weighted by atomic mass is 16.4. The van der Waals surface area contributed by atoms with Crippen LogP contribution in [0.3, 0.4) is 0 Å². The average Bonchev–Trinajstić information content (AvgIpc) is 2.87. The van der Waals surface area contributed by atoms with Crippen molar-refractivity contribution >= 4 is 35.5 Å². The maximum absolute atomic E-state index is 6.08. The van der Waals surface area contributed by atoms with Crippen molar-refractivity contribution in [2.45, 2.75) is 13.8 Å². The zero-order valence-corrected chi connectivity index (χ0v) is 13.9. The first-order valence-electron chi connectivity index (χ1n) is 7.82. The number of nitrogens with zero attached hydrogens (tertiary/aromatic N) is 3. The molecule has 0 radical (unpaired) electrons. The monoisotopic (exact) mass is 304 g/mol. The van der Waals surface area contributed by atoms with Gasteiger partial charge in [0.25, 0.3) is 0 Å². The molecule has 0 aromatic carbocycles. The Balaban J connectivity index is 1.91. The van der Waals surface area contributed by atoms with Crippen LogP contribution in [0.2, 0.25) is 0 Å². The summed E-state index contributed by atoms with van der Waals surface area (Å²) in [5, 5.41) is 1.08. The number of aryl methyl sites for hydroxylation is 2. The van der Waals surface area contributed by atoms with E-state index in [1.54, 1.807) is 0 Å². The van der Waals surface area contributed by atoms with Crippen LogP contribution < -0.4 is 15.0 Å². The Morgan fingerprint density at radius 1 is 1.17 bits per heavy atom. The highest BCUT2D eigenvalue weighted by molar-refractivity contribution is 6.82. The second-order valence-electron chi connectivity index (χ2n) is 6.26. The minimum atomic E-state index is 0.162. The number of hydrogen-bond acceptors (Lipinski definition) is 3. The maximum atomic E-state index is 6.08. The Bertz CT molecular complexity index is 945. The molecule has 5 heteroatoms. The van der Waals surface area contributed by atoms with Gasteiger partial charge in [0.1, 0.15) is 7.05 Å². The maximum Gasteiger partial charge on any atom is 0.401 e. The minimum absolute atomic E-state index is 0.162. The van der Waals surface area contributed by atoms with Gasteiger partial charge in [-0.25, -0.2) is 9.55 Å². The van der Waals surface area contributed by atoms with Crippen LogP contribution in [-0.4, -0.2) is 18.9 Å². The normalized spacial score (nSPS) is 14.2. The Kier molecular flexibility index (Phi) is 3.05. The zero-order chi connectivity index (χ0) is 16.1. The number of anilines is 1. The van der Waals surface area contributed by atoms with Crippen LogP contribution >= 0.6 is 0 Å². The summed E-state index contributed by atoms with van der Waals surface area (Å²) in [6.45, 7) is 4.33. The van der Waals surface area contributed by atoms with E-state index >= 15 is 0 Å². The first-order chi connectivity index (χ1) is 11.1. The minimum Gasteiger partial charge on any atom is -0.423 e. The van der Waals surface area contributed by atoms with E-state index in [9.17, 15) is 0 Å². The zero-order valence-electron chi connectivity index (χ0n) is 13.9. The van der Waals surface area contributed by atoms with Gasteiger partial charge in [0.15, 0.2) is 17.7 Å². The Morgan fingerprint density at radius 3 is 2.78 bits per heavy atom. The van der Waals surface area contributed by atoms with Crippen LogP contribution in [0, 0.1) is 6.92 Å². The van der Waals surface area contributed by atoms with Gasteiger partial charge >= 0.3 is 6.85 Å². The summed E-state index contributed by atoms with van der Waals surface area (Å²) in [6, 6.07) is 10.4. The summed E-state index contributed by atoms with van der Waals surface area (Å²) < 4.78 is 8.25. The number of pyridine rings is 2. The smallest absolute Gasteiger partial charge is 0.401 e. The van der Waals surface area contributed by atoms with E-state index in [-0.39, 0.29) is 6.85 Å². The van der Waals surface area contributed by atoms with Crippen molar-refractivity contribution in [2.75, 3.05) is 11.9 Å². The highest BCUT2D eigenvalue weighted by Gasteiger charge is 2.38. The lowest BCUT2D eigenvalue weighted by Crippen LogP contribution is -2.61. The fraction of sp³-hybridized carbons (Fsp3) is 0.222. The van der Waals surface area contributed by atoms with E-state index in [1.807, 2.05) is 19.1 Å².